The van der Waals surface area contributed by atoms with Gasteiger partial charge < -0.3 is 23.3 Å². The van der Waals surface area contributed by atoms with E-state index in [1.54, 1.807) is 0 Å². The molecule has 0 aromatic heterocycles. The van der Waals surface area contributed by atoms with Crippen molar-refractivity contribution >= 4 is 30.6 Å². The highest BCUT2D eigenvalue weighted by Gasteiger charge is 2.54. The van der Waals surface area contributed by atoms with Crippen molar-refractivity contribution in [2.45, 2.75) is 179 Å². The number of rotatable bonds is 10. The molecule has 43 heavy (non-hydrogen) atoms. The summed E-state index contributed by atoms with van der Waals surface area (Å²) in [5, 5.41) is 4.05. The van der Waals surface area contributed by atoms with E-state index in [1.807, 2.05) is 0 Å². The second kappa shape index (κ2) is 13.3. The number of benzene rings is 1. The lowest BCUT2D eigenvalue weighted by atomic mass is 9.95. The van der Waals surface area contributed by atoms with Gasteiger partial charge in [0.2, 0.25) is 0 Å². The van der Waals surface area contributed by atoms with Crippen LogP contribution in [0, 0.1) is 0 Å². The summed E-state index contributed by atoms with van der Waals surface area (Å²) in [6.07, 6.45) is 5.76. The van der Waals surface area contributed by atoms with Crippen LogP contribution in [0.2, 0.25) is 54.4 Å². The first-order chi connectivity index (χ1) is 19.5. The largest absolute Gasteiger partial charge is 0.414 e. The fourth-order valence-corrected chi connectivity index (χ4v) is 8.82. The molecule has 0 unspecified atom stereocenters. The minimum atomic E-state index is -2.16. The lowest BCUT2D eigenvalue weighted by molar-refractivity contribution is -0.0172. The van der Waals surface area contributed by atoms with Crippen molar-refractivity contribution in [3.8, 4) is 0 Å². The van der Waals surface area contributed by atoms with E-state index in [4.69, 9.17) is 18.0 Å². The average Bonchev–Trinajstić information content (AvgIpc) is 3.17. The molecule has 248 valence electrons. The van der Waals surface area contributed by atoms with Gasteiger partial charge in [0.15, 0.2) is 25.0 Å². The zero-order chi connectivity index (χ0) is 32.6. The highest BCUT2D eigenvalue weighted by atomic mass is 28.4. The minimum absolute atomic E-state index is 0.0720. The average molecular weight is 650 g/mol. The van der Waals surface area contributed by atoms with E-state index in [2.05, 4.69) is 131 Å². The highest BCUT2D eigenvalue weighted by Crippen LogP contribution is 2.47. The molecular weight excluding hydrogens is 583 g/mol. The third-order valence-corrected chi connectivity index (χ3v) is 24.9. The van der Waals surface area contributed by atoms with E-state index >= 15 is 0 Å². The summed E-state index contributed by atoms with van der Waals surface area (Å²) in [5.41, 5.74) is 2.36. The third kappa shape index (κ3) is 9.07. The molecule has 4 atom stereocenters. The Balaban J connectivity index is 2.00. The van der Waals surface area contributed by atoms with Crippen LogP contribution in [-0.2, 0) is 18.0 Å². The van der Waals surface area contributed by atoms with E-state index in [0.717, 1.165) is 5.56 Å². The lowest BCUT2D eigenvalue weighted by Crippen LogP contribution is -2.54. The second-order valence-corrected chi connectivity index (χ2v) is 32.3. The van der Waals surface area contributed by atoms with E-state index in [0.29, 0.717) is 12.6 Å². The quantitative estimate of drug-likeness (QED) is 0.256. The van der Waals surface area contributed by atoms with Crippen LogP contribution in [0.3, 0.4) is 0 Å². The van der Waals surface area contributed by atoms with Gasteiger partial charge in [-0.25, -0.2) is 0 Å². The van der Waals surface area contributed by atoms with Crippen molar-refractivity contribution < 1.29 is 18.0 Å². The molecule has 1 saturated carbocycles. The predicted octanol–water partition coefficient (Wildman–Crippen LogP) is 10.7. The van der Waals surface area contributed by atoms with Crippen LogP contribution in [0.25, 0.3) is 0 Å². The topological polar surface area (TPSA) is 49.0 Å². The van der Waals surface area contributed by atoms with Gasteiger partial charge in [0, 0.05) is 11.7 Å². The van der Waals surface area contributed by atoms with Crippen LogP contribution in [-0.4, -0.2) is 55.9 Å². The van der Waals surface area contributed by atoms with E-state index in [-0.39, 0.29) is 39.5 Å². The summed E-state index contributed by atoms with van der Waals surface area (Å²) in [6.45, 7) is 35.4. The van der Waals surface area contributed by atoms with Crippen LogP contribution in [0.4, 0.5) is 5.69 Å². The number of ether oxygens (including phenoxy) is 1. The Kier molecular flexibility index (Phi) is 11.5. The van der Waals surface area contributed by atoms with Gasteiger partial charge in [-0.3, -0.25) is 0 Å². The van der Waals surface area contributed by atoms with Gasteiger partial charge in [0.05, 0.1) is 6.61 Å². The number of hydrogen-bond donors (Lipinski definition) is 1. The van der Waals surface area contributed by atoms with E-state index in [9.17, 15) is 0 Å². The van der Waals surface area contributed by atoms with Crippen molar-refractivity contribution in [1.82, 2.24) is 0 Å². The molecule has 0 bridgehead atoms. The molecule has 5 nitrogen and oxygen atoms in total. The summed E-state index contributed by atoms with van der Waals surface area (Å²) in [4.78, 5) is 0. The van der Waals surface area contributed by atoms with Gasteiger partial charge in [-0.1, -0.05) is 93.7 Å². The Morgan fingerprint density at radius 1 is 0.674 bits per heavy atom. The summed E-state index contributed by atoms with van der Waals surface area (Å²) in [5.74, 6) is 0. The maximum absolute atomic E-state index is 7.33. The molecule has 8 heteroatoms. The van der Waals surface area contributed by atoms with Crippen molar-refractivity contribution in [2.75, 3.05) is 11.9 Å². The zero-order valence-corrected chi connectivity index (χ0v) is 33.6. The van der Waals surface area contributed by atoms with Crippen molar-refractivity contribution in [3.05, 3.63) is 29.8 Å². The minimum Gasteiger partial charge on any atom is -0.414 e. The molecule has 1 heterocycles. The molecule has 0 amide bonds. The van der Waals surface area contributed by atoms with Crippen LogP contribution >= 0.6 is 0 Å². The Hall–Kier alpha value is -0.489. The van der Waals surface area contributed by atoms with Crippen LogP contribution in [0.1, 0.15) is 106 Å². The predicted molar refractivity (Wildman–Crippen MR) is 192 cm³/mol. The molecule has 2 aliphatic rings. The van der Waals surface area contributed by atoms with Crippen molar-refractivity contribution in [2.24, 2.45) is 0 Å². The molecule has 1 aliphatic carbocycles. The number of hydrogen-bond acceptors (Lipinski definition) is 5. The summed E-state index contributed by atoms with van der Waals surface area (Å²) >= 11 is 0. The Morgan fingerprint density at radius 2 is 1.14 bits per heavy atom. The van der Waals surface area contributed by atoms with Crippen molar-refractivity contribution in [1.29, 1.82) is 0 Å². The van der Waals surface area contributed by atoms with Crippen LogP contribution in [0.5, 0.6) is 0 Å². The van der Waals surface area contributed by atoms with Gasteiger partial charge in [-0.15, -0.1) is 0 Å². The first-order valence-electron chi connectivity index (χ1n) is 17.0. The molecule has 1 N–H and O–H groups in total. The molecule has 1 aromatic carbocycles. The zero-order valence-electron chi connectivity index (χ0n) is 30.6. The number of anilines is 1. The third-order valence-electron chi connectivity index (χ3n) is 11.4. The molecule has 3 rings (SSSR count). The van der Waals surface area contributed by atoms with E-state index in [1.165, 1.54) is 37.8 Å². The first-order valence-corrected chi connectivity index (χ1v) is 25.7. The Morgan fingerprint density at radius 3 is 1.60 bits per heavy atom. The fraction of sp³-hybridized carbons (Fsp3) is 0.829. The maximum atomic E-state index is 7.33. The summed E-state index contributed by atoms with van der Waals surface area (Å²) < 4.78 is 28.5. The molecule has 0 spiro atoms. The van der Waals surface area contributed by atoms with Crippen molar-refractivity contribution in [3.63, 3.8) is 0 Å². The standard InChI is InChI=1S/C35H67NO4Si3/c1-33(2,3)41(10,11)37-25-29-31(39-42(12,13)34(4,5)6)32(40-43(14,15)35(7,8)9)30(38-29)26-21-23-28(24-22-26)36-27-19-17-16-18-20-27/h21-24,27,29-32,36H,16-20,25H2,1-15H3/t29-,30+,31-,32+/m1/s1. The highest BCUT2D eigenvalue weighted by molar-refractivity contribution is 6.75. The Labute approximate surface area is 269 Å². The lowest BCUT2D eigenvalue weighted by Gasteiger charge is -2.44. The van der Waals surface area contributed by atoms with Gasteiger partial charge in [0.25, 0.3) is 0 Å². The Bertz CT molecular complexity index is 1030. The van der Waals surface area contributed by atoms with E-state index < -0.39 is 25.0 Å². The van der Waals surface area contributed by atoms with Gasteiger partial charge in [-0.2, -0.15) is 0 Å². The maximum Gasteiger partial charge on any atom is 0.192 e. The van der Waals surface area contributed by atoms with Gasteiger partial charge in [0.1, 0.15) is 24.4 Å². The summed E-state index contributed by atoms with van der Waals surface area (Å²) in [6, 6.07) is 9.55. The smallest absolute Gasteiger partial charge is 0.192 e. The normalized spacial score (nSPS) is 25.3. The molecule has 1 aromatic rings. The molecule has 1 saturated heterocycles. The van der Waals surface area contributed by atoms with Crippen LogP contribution in [0.15, 0.2) is 24.3 Å². The molecular formula is C35H67NO4Si3. The van der Waals surface area contributed by atoms with Gasteiger partial charge >= 0.3 is 0 Å². The monoisotopic (exact) mass is 649 g/mol. The SMILES string of the molecule is CC(C)(C)[Si](C)(C)OC[C@H]1O[C@@H](c2ccc(NC3CCCCC3)cc2)[C@H](O[Si](C)(C)C(C)(C)C)[C@@H]1O[Si](C)(C)C(C)(C)C. The first kappa shape index (κ1) is 37.0. The van der Waals surface area contributed by atoms with Gasteiger partial charge in [-0.05, 0) is 84.9 Å². The summed E-state index contributed by atoms with van der Waals surface area (Å²) in [7, 11) is -6.30. The molecule has 1 aliphatic heterocycles. The second-order valence-electron chi connectivity index (χ2n) is 18.0. The fourth-order valence-electron chi connectivity index (χ4n) is 5.19. The molecule has 0 radical (unpaired) electrons. The number of nitrogens with one attached hydrogen (secondary N) is 1. The van der Waals surface area contributed by atoms with Crippen LogP contribution < -0.4 is 5.32 Å². The molecule has 2 fully saturated rings.